The van der Waals surface area contributed by atoms with Crippen LogP contribution >= 0.6 is 0 Å². The Kier molecular flexibility index (Phi) is 5.67. The SMILES string of the molecule is CCC1=C(OC)C(CC)(CC)c2oc(-c3cccc(C(F)(F)F)c3)cc(=O)c2C1=O. The van der Waals surface area contributed by atoms with E-state index in [1.165, 1.54) is 19.2 Å². The molecular weight excluding hydrogens is 397 g/mol. The second kappa shape index (κ2) is 7.78. The standard InChI is InChI=1S/C23H23F3O4/c1-5-15-19(28)18-16(27)12-17(13-9-8-10-14(11-13)23(24,25)26)30-21(18)22(6-2,7-3)20(15)29-4/h8-12H,5-7H2,1-4H3. The Labute approximate surface area is 172 Å². The molecule has 2 aromatic rings. The summed E-state index contributed by atoms with van der Waals surface area (Å²) in [6.07, 6.45) is -3.16. The van der Waals surface area contributed by atoms with Gasteiger partial charge in [-0.1, -0.05) is 32.9 Å². The summed E-state index contributed by atoms with van der Waals surface area (Å²) in [7, 11) is 1.47. The van der Waals surface area contributed by atoms with Gasteiger partial charge >= 0.3 is 6.18 Å². The number of ether oxygens (including phenoxy) is 1. The number of carbonyl (C=O) groups excluding carboxylic acids is 1. The molecule has 1 heterocycles. The first-order chi connectivity index (χ1) is 14.1. The summed E-state index contributed by atoms with van der Waals surface area (Å²) in [5.74, 6) is 0.147. The van der Waals surface area contributed by atoms with Gasteiger partial charge in [0.05, 0.1) is 18.1 Å². The molecule has 0 aliphatic heterocycles. The summed E-state index contributed by atoms with van der Waals surface area (Å²) in [6.45, 7) is 5.60. The molecule has 1 aliphatic rings. The zero-order valence-corrected chi connectivity index (χ0v) is 17.3. The number of hydrogen-bond donors (Lipinski definition) is 0. The number of fused-ring (bicyclic) bond motifs is 1. The molecule has 0 unspecified atom stereocenters. The topological polar surface area (TPSA) is 56.5 Å². The lowest BCUT2D eigenvalue weighted by molar-refractivity contribution is -0.137. The molecule has 0 fully saturated rings. The Balaban J connectivity index is 2.33. The van der Waals surface area contributed by atoms with E-state index < -0.39 is 28.4 Å². The number of rotatable bonds is 5. The second-order valence-electron chi connectivity index (χ2n) is 7.24. The quantitative estimate of drug-likeness (QED) is 0.605. The molecule has 0 atom stereocenters. The summed E-state index contributed by atoms with van der Waals surface area (Å²) in [4.78, 5) is 26.0. The fourth-order valence-corrected chi connectivity index (χ4v) is 4.21. The number of methoxy groups -OCH3 is 1. The zero-order valence-electron chi connectivity index (χ0n) is 17.3. The van der Waals surface area contributed by atoms with Gasteiger partial charge < -0.3 is 9.15 Å². The van der Waals surface area contributed by atoms with Gasteiger partial charge in [-0.2, -0.15) is 13.2 Å². The number of allylic oxidation sites excluding steroid dienone is 2. The highest BCUT2D eigenvalue weighted by Gasteiger charge is 2.47. The molecule has 0 spiro atoms. The molecule has 3 rings (SSSR count). The molecule has 1 aromatic heterocycles. The predicted octanol–water partition coefficient (Wildman–Crippen LogP) is 5.89. The van der Waals surface area contributed by atoms with Gasteiger partial charge in [0, 0.05) is 17.2 Å². The summed E-state index contributed by atoms with van der Waals surface area (Å²) in [5, 5.41) is 0. The van der Waals surface area contributed by atoms with E-state index in [1.54, 1.807) is 0 Å². The van der Waals surface area contributed by atoms with E-state index in [0.29, 0.717) is 30.6 Å². The van der Waals surface area contributed by atoms with Gasteiger partial charge in [-0.05, 0) is 31.4 Å². The maximum absolute atomic E-state index is 13.1. The van der Waals surface area contributed by atoms with E-state index in [2.05, 4.69) is 0 Å². The highest BCUT2D eigenvalue weighted by molar-refractivity contribution is 6.11. The third-order valence-corrected chi connectivity index (χ3v) is 5.83. The smallest absolute Gasteiger partial charge is 0.416 e. The maximum atomic E-state index is 13.1. The van der Waals surface area contributed by atoms with Crippen molar-refractivity contribution in [3.05, 3.63) is 68.8 Å². The van der Waals surface area contributed by atoms with Crippen LogP contribution in [-0.4, -0.2) is 12.9 Å². The van der Waals surface area contributed by atoms with Crippen LogP contribution in [0, 0.1) is 0 Å². The summed E-state index contributed by atoms with van der Waals surface area (Å²) in [6, 6.07) is 5.66. The van der Waals surface area contributed by atoms with Crippen molar-refractivity contribution >= 4 is 5.78 Å². The van der Waals surface area contributed by atoms with Crippen LogP contribution in [-0.2, 0) is 16.3 Å². The highest BCUT2D eigenvalue weighted by Crippen LogP contribution is 2.47. The number of alkyl halides is 3. The number of benzene rings is 1. The molecule has 7 heteroatoms. The molecule has 0 saturated heterocycles. The first kappa shape index (κ1) is 21.9. The Morgan fingerprint density at radius 3 is 2.27 bits per heavy atom. The maximum Gasteiger partial charge on any atom is 0.416 e. The van der Waals surface area contributed by atoms with E-state index in [0.717, 1.165) is 18.2 Å². The van der Waals surface area contributed by atoms with E-state index in [9.17, 15) is 22.8 Å². The van der Waals surface area contributed by atoms with Gasteiger partial charge in [0.15, 0.2) is 11.2 Å². The van der Waals surface area contributed by atoms with E-state index in [1.807, 2.05) is 20.8 Å². The van der Waals surface area contributed by atoms with Crippen LogP contribution < -0.4 is 5.43 Å². The number of halogens is 3. The van der Waals surface area contributed by atoms with Crippen LogP contribution in [0.2, 0.25) is 0 Å². The monoisotopic (exact) mass is 420 g/mol. The molecule has 1 aromatic carbocycles. The van der Waals surface area contributed by atoms with Gasteiger partial charge in [0.1, 0.15) is 22.8 Å². The van der Waals surface area contributed by atoms with Crippen LogP contribution in [0.5, 0.6) is 0 Å². The van der Waals surface area contributed by atoms with E-state index in [4.69, 9.17) is 9.15 Å². The Morgan fingerprint density at radius 1 is 1.07 bits per heavy atom. The van der Waals surface area contributed by atoms with Crippen molar-refractivity contribution in [2.24, 2.45) is 0 Å². The van der Waals surface area contributed by atoms with Crippen molar-refractivity contribution in [2.45, 2.75) is 51.6 Å². The Hall–Kier alpha value is -2.83. The molecular formula is C23H23F3O4. The van der Waals surface area contributed by atoms with Gasteiger partial charge in [-0.25, -0.2) is 0 Å². The van der Waals surface area contributed by atoms with Gasteiger partial charge in [0.25, 0.3) is 0 Å². The minimum absolute atomic E-state index is 0.0145. The average Bonchev–Trinajstić information content (AvgIpc) is 2.72. The third-order valence-electron chi connectivity index (χ3n) is 5.83. The van der Waals surface area contributed by atoms with Crippen LogP contribution in [0.1, 0.15) is 61.7 Å². The van der Waals surface area contributed by atoms with Crippen molar-refractivity contribution in [3.63, 3.8) is 0 Å². The van der Waals surface area contributed by atoms with Crippen molar-refractivity contribution in [1.29, 1.82) is 0 Å². The molecule has 0 radical (unpaired) electrons. The van der Waals surface area contributed by atoms with E-state index >= 15 is 0 Å². The average molecular weight is 420 g/mol. The highest BCUT2D eigenvalue weighted by atomic mass is 19.4. The molecule has 0 saturated carbocycles. The summed E-state index contributed by atoms with van der Waals surface area (Å²) >= 11 is 0. The summed E-state index contributed by atoms with van der Waals surface area (Å²) < 4.78 is 51.1. The minimum Gasteiger partial charge on any atom is -0.500 e. The van der Waals surface area contributed by atoms with Crippen LogP contribution in [0.3, 0.4) is 0 Å². The predicted molar refractivity (Wildman–Crippen MR) is 106 cm³/mol. The third kappa shape index (κ3) is 3.26. The fraction of sp³-hybridized carbons (Fsp3) is 0.391. The number of hydrogen-bond acceptors (Lipinski definition) is 4. The lowest BCUT2D eigenvalue weighted by atomic mass is 9.69. The van der Waals surface area contributed by atoms with Gasteiger partial charge in [-0.15, -0.1) is 0 Å². The second-order valence-corrected chi connectivity index (χ2v) is 7.24. The number of ketones is 1. The van der Waals surface area contributed by atoms with Crippen LogP contribution in [0.15, 0.2) is 50.9 Å². The zero-order chi connectivity index (χ0) is 22.3. The largest absolute Gasteiger partial charge is 0.500 e. The van der Waals surface area contributed by atoms with Crippen LogP contribution in [0.25, 0.3) is 11.3 Å². The molecule has 160 valence electrons. The first-order valence-corrected chi connectivity index (χ1v) is 9.83. The normalized spacial score (nSPS) is 15.9. The molecule has 4 nitrogen and oxygen atoms in total. The molecule has 0 bridgehead atoms. The van der Waals surface area contributed by atoms with Crippen molar-refractivity contribution in [3.8, 4) is 11.3 Å². The number of Topliss-reactive ketones (excluding diaryl/α,β-unsaturated/α-hetero) is 1. The van der Waals surface area contributed by atoms with Crippen molar-refractivity contribution < 1.29 is 27.1 Å². The van der Waals surface area contributed by atoms with Gasteiger partial charge in [-0.3, -0.25) is 9.59 Å². The Morgan fingerprint density at radius 2 is 1.73 bits per heavy atom. The van der Waals surface area contributed by atoms with Gasteiger partial charge in [0.2, 0.25) is 0 Å². The lowest BCUT2D eigenvalue weighted by Gasteiger charge is -2.37. The van der Waals surface area contributed by atoms with Crippen LogP contribution in [0.4, 0.5) is 13.2 Å². The molecule has 0 N–H and O–H groups in total. The fourth-order valence-electron chi connectivity index (χ4n) is 4.21. The first-order valence-electron chi connectivity index (χ1n) is 9.83. The van der Waals surface area contributed by atoms with Crippen molar-refractivity contribution in [1.82, 2.24) is 0 Å². The molecule has 0 amide bonds. The van der Waals surface area contributed by atoms with E-state index in [-0.39, 0.29) is 22.6 Å². The number of carbonyl (C=O) groups is 1. The molecule has 1 aliphatic carbocycles. The summed E-state index contributed by atoms with van der Waals surface area (Å²) in [5.41, 5.74) is -1.79. The molecule has 30 heavy (non-hydrogen) atoms. The minimum atomic E-state index is -4.53. The lowest BCUT2D eigenvalue weighted by Crippen LogP contribution is -2.39. The van der Waals surface area contributed by atoms with Crippen molar-refractivity contribution in [2.75, 3.05) is 7.11 Å². The Bertz CT molecular complexity index is 1070.